The first-order chi connectivity index (χ1) is 16.3. The molecule has 0 saturated carbocycles. The predicted octanol–water partition coefficient (Wildman–Crippen LogP) is 5.27. The summed E-state index contributed by atoms with van der Waals surface area (Å²) in [5.74, 6) is -1.07. The molecule has 0 aromatic heterocycles. The second-order valence-electron chi connectivity index (χ2n) is 8.20. The third kappa shape index (κ3) is 5.18. The number of benzene rings is 3. The second-order valence-corrected chi connectivity index (χ2v) is 8.57. The number of nitro groups is 1. The van der Waals surface area contributed by atoms with E-state index in [9.17, 15) is 19.3 Å². The fourth-order valence-electron chi connectivity index (χ4n) is 4.03. The smallest absolute Gasteiger partial charge is 0.271 e. The van der Waals surface area contributed by atoms with Gasteiger partial charge < -0.3 is 10.2 Å². The van der Waals surface area contributed by atoms with Crippen LogP contribution in [0.1, 0.15) is 21.5 Å². The number of nitro benzene ring substituents is 1. The van der Waals surface area contributed by atoms with Crippen molar-refractivity contribution in [3.63, 3.8) is 0 Å². The first-order valence-corrected chi connectivity index (χ1v) is 11.3. The van der Waals surface area contributed by atoms with Crippen molar-refractivity contribution in [1.82, 2.24) is 4.90 Å². The molecule has 0 aliphatic carbocycles. The van der Waals surface area contributed by atoms with Gasteiger partial charge in [0.05, 0.1) is 26.9 Å². The highest BCUT2D eigenvalue weighted by molar-refractivity contribution is 6.35. The van der Waals surface area contributed by atoms with Crippen LogP contribution in [-0.2, 0) is 6.54 Å². The standard InChI is InChI=1S/C25H24ClFN4O3/c1-17-21(27)9-8-20(24(17)26)25(32)28-22-15-19(31(33)34)7-10-23(22)30-13-11-29(12-14-30)16-18-5-3-2-4-6-18/h2-10,15H,11-14,16H2,1H3,(H,28,32). The summed E-state index contributed by atoms with van der Waals surface area (Å²) in [6.45, 7) is 5.35. The molecule has 1 N–H and O–H groups in total. The van der Waals surface area contributed by atoms with Crippen LogP contribution in [0.3, 0.4) is 0 Å². The van der Waals surface area contributed by atoms with E-state index < -0.39 is 16.6 Å². The Morgan fingerprint density at radius 1 is 1.09 bits per heavy atom. The average Bonchev–Trinajstić information content (AvgIpc) is 2.84. The van der Waals surface area contributed by atoms with E-state index in [4.69, 9.17) is 11.6 Å². The van der Waals surface area contributed by atoms with Crippen molar-refractivity contribution in [2.75, 3.05) is 36.4 Å². The minimum atomic E-state index is -0.558. The summed E-state index contributed by atoms with van der Waals surface area (Å²) in [6, 6.07) is 17.1. The number of halogens is 2. The molecule has 7 nitrogen and oxygen atoms in total. The highest BCUT2D eigenvalue weighted by atomic mass is 35.5. The monoisotopic (exact) mass is 482 g/mol. The van der Waals surface area contributed by atoms with Gasteiger partial charge in [-0.3, -0.25) is 19.8 Å². The third-order valence-corrected chi connectivity index (χ3v) is 6.45. The summed E-state index contributed by atoms with van der Waals surface area (Å²) in [5.41, 5.74) is 2.38. The summed E-state index contributed by atoms with van der Waals surface area (Å²) >= 11 is 6.19. The van der Waals surface area contributed by atoms with E-state index >= 15 is 0 Å². The number of hydrogen-bond donors (Lipinski definition) is 1. The van der Waals surface area contributed by atoms with Crippen LogP contribution in [0.25, 0.3) is 0 Å². The summed E-state index contributed by atoms with van der Waals surface area (Å²) in [5, 5.41) is 14.1. The van der Waals surface area contributed by atoms with E-state index in [2.05, 4.69) is 27.2 Å². The number of nitrogens with one attached hydrogen (secondary N) is 1. The second kappa shape index (κ2) is 10.2. The number of carbonyl (C=O) groups is 1. The van der Waals surface area contributed by atoms with E-state index in [0.717, 1.165) is 19.6 Å². The van der Waals surface area contributed by atoms with Crippen LogP contribution in [-0.4, -0.2) is 41.9 Å². The number of rotatable bonds is 6. The number of carbonyl (C=O) groups excluding carboxylic acids is 1. The Balaban J connectivity index is 1.54. The Bertz CT molecular complexity index is 1210. The lowest BCUT2D eigenvalue weighted by Gasteiger charge is -2.37. The zero-order chi connectivity index (χ0) is 24.2. The highest BCUT2D eigenvalue weighted by Gasteiger charge is 2.23. The van der Waals surface area contributed by atoms with Crippen LogP contribution in [0, 0.1) is 22.9 Å². The van der Waals surface area contributed by atoms with Gasteiger partial charge in [0.25, 0.3) is 11.6 Å². The maximum atomic E-state index is 13.8. The Hall–Kier alpha value is -3.49. The molecule has 0 unspecified atom stereocenters. The van der Waals surface area contributed by atoms with E-state index in [1.54, 1.807) is 6.07 Å². The zero-order valence-electron chi connectivity index (χ0n) is 18.6. The molecular weight excluding hydrogens is 459 g/mol. The maximum Gasteiger partial charge on any atom is 0.271 e. The fraction of sp³-hybridized carbons (Fsp3) is 0.240. The first kappa shape index (κ1) is 23.7. The molecule has 3 aromatic rings. The quantitative estimate of drug-likeness (QED) is 0.382. The number of nitrogens with zero attached hydrogens (tertiary/aromatic N) is 3. The molecule has 4 rings (SSSR count). The van der Waals surface area contributed by atoms with E-state index in [1.807, 2.05) is 18.2 Å². The zero-order valence-corrected chi connectivity index (χ0v) is 19.4. The Labute approximate surface area is 201 Å². The average molecular weight is 483 g/mol. The van der Waals surface area contributed by atoms with Gasteiger partial charge in [-0.25, -0.2) is 4.39 Å². The molecule has 9 heteroatoms. The number of anilines is 2. The lowest BCUT2D eigenvalue weighted by Crippen LogP contribution is -2.46. The number of amides is 1. The predicted molar refractivity (Wildman–Crippen MR) is 131 cm³/mol. The molecular formula is C25H24ClFN4O3. The van der Waals surface area contributed by atoms with Gasteiger partial charge in [-0.2, -0.15) is 0 Å². The summed E-state index contributed by atoms with van der Waals surface area (Å²) in [7, 11) is 0. The molecule has 3 aromatic carbocycles. The maximum absolute atomic E-state index is 13.8. The molecule has 0 bridgehead atoms. The van der Waals surface area contributed by atoms with Gasteiger partial charge in [0.2, 0.25) is 0 Å². The Kier molecular flexibility index (Phi) is 7.09. The lowest BCUT2D eigenvalue weighted by molar-refractivity contribution is -0.384. The molecule has 176 valence electrons. The van der Waals surface area contributed by atoms with Gasteiger partial charge in [-0.15, -0.1) is 0 Å². The van der Waals surface area contributed by atoms with Crippen LogP contribution in [0.4, 0.5) is 21.5 Å². The van der Waals surface area contributed by atoms with Gasteiger partial charge in [0, 0.05) is 50.4 Å². The van der Waals surface area contributed by atoms with Gasteiger partial charge in [-0.1, -0.05) is 41.9 Å². The van der Waals surface area contributed by atoms with Crippen molar-refractivity contribution < 1.29 is 14.1 Å². The van der Waals surface area contributed by atoms with Gasteiger partial charge in [0.1, 0.15) is 5.82 Å². The topological polar surface area (TPSA) is 78.7 Å². The van der Waals surface area contributed by atoms with Crippen LogP contribution in [0.5, 0.6) is 0 Å². The molecule has 1 saturated heterocycles. The van der Waals surface area contributed by atoms with Crippen LogP contribution < -0.4 is 10.2 Å². The summed E-state index contributed by atoms with van der Waals surface area (Å²) in [4.78, 5) is 28.2. The molecule has 1 fully saturated rings. The minimum absolute atomic E-state index is 0.0130. The molecule has 0 spiro atoms. The normalized spacial score (nSPS) is 14.1. The Morgan fingerprint density at radius 3 is 2.47 bits per heavy atom. The van der Waals surface area contributed by atoms with Gasteiger partial charge >= 0.3 is 0 Å². The van der Waals surface area contributed by atoms with E-state index in [-0.39, 0.29) is 21.8 Å². The molecule has 0 radical (unpaired) electrons. The largest absolute Gasteiger partial charge is 0.367 e. The van der Waals surface area contributed by atoms with Crippen LogP contribution in [0.2, 0.25) is 5.02 Å². The van der Waals surface area contributed by atoms with Crippen molar-refractivity contribution >= 4 is 34.6 Å². The third-order valence-electron chi connectivity index (χ3n) is 5.97. The molecule has 1 aliphatic heterocycles. The molecule has 1 aliphatic rings. The number of non-ortho nitro benzene ring substituents is 1. The van der Waals surface area contributed by atoms with Crippen molar-refractivity contribution in [2.24, 2.45) is 0 Å². The van der Waals surface area contributed by atoms with Crippen LogP contribution in [0.15, 0.2) is 60.7 Å². The molecule has 0 atom stereocenters. The summed E-state index contributed by atoms with van der Waals surface area (Å²) in [6.07, 6.45) is 0. The first-order valence-electron chi connectivity index (χ1n) is 10.9. The Morgan fingerprint density at radius 2 is 1.79 bits per heavy atom. The SMILES string of the molecule is Cc1c(F)ccc(C(=O)Nc2cc([N+](=O)[O-])ccc2N2CCN(Cc3ccccc3)CC2)c1Cl. The van der Waals surface area contributed by atoms with Crippen molar-refractivity contribution in [1.29, 1.82) is 0 Å². The number of piperazine rings is 1. The molecule has 1 amide bonds. The van der Waals surface area contributed by atoms with Gasteiger partial charge in [0.15, 0.2) is 0 Å². The molecule has 1 heterocycles. The van der Waals surface area contributed by atoms with Crippen molar-refractivity contribution in [2.45, 2.75) is 13.5 Å². The van der Waals surface area contributed by atoms with Crippen molar-refractivity contribution in [3.8, 4) is 0 Å². The fourth-order valence-corrected chi connectivity index (χ4v) is 4.27. The highest BCUT2D eigenvalue weighted by Crippen LogP contribution is 2.32. The van der Waals surface area contributed by atoms with Gasteiger partial charge in [-0.05, 0) is 30.7 Å². The van der Waals surface area contributed by atoms with Crippen molar-refractivity contribution in [3.05, 3.63) is 98.3 Å². The molecule has 34 heavy (non-hydrogen) atoms. The van der Waals surface area contributed by atoms with E-state index in [1.165, 1.54) is 36.8 Å². The van der Waals surface area contributed by atoms with E-state index in [0.29, 0.717) is 24.5 Å². The van der Waals surface area contributed by atoms with Crippen LogP contribution >= 0.6 is 11.6 Å². The number of hydrogen-bond acceptors (Lipinski definition) is 5. The summed E-state index contributed by atoms with van der Waals surface area (Å²) < 4.78 is 13.8. The minimum Gasteiger partial charge on any atom is -0.367 e. The lowest BCUT2D eigenvalue weighted by atomic mass is 10.1.